The maximum Gasteiger partial charge on any atom is 0.142 e. The molecule has 0 aromatic heterocycles. The largest absolute Gasteiger partial charge is 0.491 e. The summed E-state index contributed by atoms with van der Waals surface area (Å²) in [6.45, 7) is 3.09. The molecule has 2 aromatic rings. The quantitative estimate of drug-likeness (QED) is 0.777. The highest BCUT2D eigenvalue weighted by Crippen LogP contribution is 2.26. The molecule has 0 aliphatic carbocycles. The van der Waals surface area contributed by atoms with Gasteiger partial charge in [-0.3, -0.25) is 0 Å². The number of hydrogen-bond acceptors (Lipinski definition) is 4. The molecule has 3 rings (SSSR count). The Morgan fingerprint density at radius 1 is 0.636 bits per heavy atom. The lowest BCUT2D eigenvalue weighted by Gasteiger charge is -2.16. The number of hydrogen-bond donors (Lipinski definition) is 2. The summed E-state index contributed by atoms with van der Waals surface area (Å²) in [5.74, 6) is 1.83. The molecule has 116 valence electrons. The Labute approximate surface area is 131 Å². The fourth-order valence-electron chi connectivity index (χ4n) is 2.43. The van der Waals surface area contributed by atoms with E-state index >= 15 is 0 Å². The van der Waals surface area contributed by atoms with Gasteiger partial charge in [-0.15, -0.1) is 0 Å². The second-order valence-electron chi connectivity index (χ2n) is 5.25. The van der Waals surface area contributed by atoms with Gasteiger partial charge in [0.2, 0.25) is 0 Å². The van der Waals surface area contributed by atoms with Crippen LogP contribution < -0.4 is 20.1 Å². The van der Waals surface area contributed by atoms with Gasteiger partial charge in [0.25, 0.3) is 0 Å². The lowest BCUT2D eigenvalue weighted by atomic mass is 10.2. The van der Waals surface area contributed by atoms with Crippen LogP contribution in [0.3, 0.4) is 0 Å². The van der Waals surface area contributed by atoms with E-state index in [4.69, 9.17) is 9.47 Å². The topological polar surface area (TPSA) is 42.5 Å². The van der Waals surface area contributed by atoms with Gasteiger partial charge >= 0.3 is 0 Å². The van der Waals surface area contributed by atoms with Crippen molar-refractivity contribution in [1.82, 2.24) is 0 Å². The Morgan fingerprint density at radius 3 is 1.59 bits per heavy atom. The van der Waals surface area contributed by atoms with Crippen LogP contribution >= 0.6 is 0 Å². The number of anilines is 2. The SMILES string of the molecule is c1ccc2c(c1)NCCCOc1ccccc1NCCCO2. The molecule has 0 fully saturated rings. The monoisotopic (exact) mass is 298 g/mol. The number of nitrogens with one attached hydrogen (secondary N) is 2. The average molecular weight is 298 g/mol. The summed E-state index contributed by atoms with van der Waals surface area (Å²) in [6.07, 6.45) is 1.87. The second kappa shape index (κ2) is 7.59. The molecule has 4 nitrogen and oxygen atoms in total. The Morgan fingerprint density at radius 2 is 1.09 bits per heavy atom. The van der Waals surface area contributed by atoms with Crippen molar-refractivity contribution in [3.63, 3.8) is 0 Å². The van der Waals surface area contributed by atoms with Crippen molar-refractivity contribution >= 4 is 11.4 Å². The molecule has 0 spiro atoms. The molecule has 0 saturated heterocycles. The van der Waals surface area contributed by atoms with Gasteiger partial charge in [-0.1, -0.05) is 24.3 Å². The summed E-state index contributed by atoms with van der Waals surface area (Å²) >= 11 is 0. The van der Waals surface area contributed by atoms with E-state index in [2.05, 4.69) is 22.8 Å². The molecular weight excluding hydrogens is 276 g/mol. The van der Waals surface area contributed by atoms with Crippen LogP contribution in [0.15, 0.2) is 48.5 Å². The van der Waals surface area contributed by atoms with Crippen LogP contribution in [0.25, 0.3) is 0 Å². The number of para-hydroxylation sites is 4. The van der Waals surface area contributed by atoms with Crippen molar-refractivity contribution < 1.29 is 9.47 Å². The molecule has 0 saturated carbocycles. The summed E-state index contributed by atoms with van der Waals surface area (Å²) in [7, 11) is 0. The number of ether oxygens (including phenoxy) is 2. The van der Waals surface area contributed by atoms with E-state index in [1.807, 2.05) is 36.4 Å². The molecule has 4 heteroatoms. The summed E-state index contributed by atoms with van der Waals surface area (Å²) in [4.78, 5) is 0. The first-order chi connectivity index (χ1) is 10.9. The third kappa shape index (κ3) is 3.85. The van der Waals surface area contributed by atoms with Crippen molar-refractivity contribution in [1.29, 1.82) is 0 Å². The van der Waals surface area contributed by atoms with E-state index in [0.717, 1.165) is 48.8 Å². The molecular formula is C18H22N2O2. The van der Waals surface area contributed by atoms with Crippen LogP contribution in [0.1, 0.15) is 12.8 Å². The minimum atomic E-state index is 0.689. The zero-order valence-electron chi connectivity index (χ0n) is 12.7. The molecule has 22 heavy (non-hydrogen) atoms. The Balaban J connectivity index is 1.67. The van der Waals surface area contributed by atoms with E-state index in [1.54, 1.807) is 0 Å². The Kier molecular flexibility index (Phi) is 5.03. The molecule has 2 aromatic carbocycles. The highest BCUT2D eigenvalue weighted by molar-refractivity contribution is 5.57. The van der Waals surface area contributed by atoms with Crippen molar-refractivity contribution in [3.8, 4) is 11.5 Å². The summed E-state index contributed by atoms with van der Waals surface area (Å²) in [5.41, 5.74) is 2.10. The van der Waals surface area contributed by atoms with E-state index in [9.17, 15) is 0 Å². The predicted molar refractivity (Wildman–Crippen MR) is 90.1 cm³/mol. The minimum absolute atomic E-state index is 0.689. The minimum Gasteiger partial charge on any atom is -0.491 e. The third-order valence-corrected chi connectivity index (χ3v) is 3.56. The molecule has 1 aliphatic heterocycles. The van der Waals surface area contributed by atoms with Gasteiger partial charge in [-0.25, -0.2) is 0 Å². The van der Waals surface area contributed by atoms with Crippen LogP contribution in [0.4, 0.5) is 11.4 Å². The average Bonchev–Trinajstić information content (AvgIpc) is 2.56. The lowest BCUT2D eigenvalue weighted by Crippen LogP contribution is -2.12. The molecule has 0 radical (unpaired) electrons. The van der Waals surface area contributed by atoms with Crippen molar-refractivity contribution in [2.75, 3.05) is 36.9 Å². The maximum absolute atomic E-state index is 5.89. The van der Waals surface area contributed by atoms with Crippen LogP contribution in [0.5, 0.6) is 11.5 Å². The Bertz CT molecular complexity index is 498. The molecule has 0 unspecified atom stereocenters. The highest BCUT2D eigenvalue weighted by atomic mass is 16.5. The zero-order valence-corrected chi connectivity index (χ0v) is 12.7. The fourth-order valence-corrected chi connectivity index (χ4v) is 2.43. The van der Waals surface area contributed by atoms with Crippen molar-refractivity contribution in [2.45, 2.75) is 12.8 Å². The lowest BCUT2D eigenvalue weighted by molar-refractivity contribution is 0.310. The van der Waals surface area contributed by atoms with Gasteiger partial charge in [0.05, 0.1) is 24.6 Å². The number of fused-ring (bicyclic) bond motifs is 2. The zero-order chi connectivity index (χ0) is 15.0. The molecule has 0 bridgehead atoms. The summed E-state index contributed by atoms with van der Waals surface area (Å²) < 4.78 is 11.8. The predicted octanol–water partition coefficient (Wildman–Crippen LogP) is 3.76. The van der Waals surface area contributed by atoms with E-state index in [1.165, 1.54) is 0 Å². The fraction of sp³-hybridized carbons (Fsp3) is 0.333. The first-order valence-corrected chi connectivity index (χ1v) is 7.85. The van der Waals surface area contributed by atoms with Crippen LogP contribution in [0, 0.1) is 0 Å². The molecule has 0 amide bonds. The van der Waals surface area contributed by atoms with Crippen LogP contribution in [-0.4, -0.2) is 26.3 Å². The normalized spacial score (nSPS) is 15.6. The van der Waals surface area contributed by atoms with Crippen molar-refractivity contribution in [3.05, 3.63) is 48.5 Å². The first-order valence-electron chi connectivity index (χ1n) is 7.85. The molecule has 2 N–H and O–H groups in total. The maximum atomic E-state index is 5.89. The van der Waals surface area contributed by atoms with E-state index < -0.39 is 0 Å². The molecule has 0 atom stereocenters. The standard InChI is InChI=1S/C18H22N2O2/c1-3-9-17-15(7-1)19-11-5-14-22-18-10-4-2-8-16(18)20-12-6-13-21-17/h1-4,7-10,19-20H,5-6,11-14H2. The van der Waals surface area contributed by atoms with Gasteiger partial charge in [0, 0.05) is 13.1 Å². The van der Waals surface area contributed by atoms with Gasteiger partial charge in [-0.05, 0) is 37.1 Å². The van der Waals surface area contributed by atoms with Crippen molar-refractivity contribution in [2.24, 2.45) is 0 Å². The van der Waals surface area contributed by atoms with Gasteiger partial charge in [0.15, 0.2) is 0 Å². The number of rotatable bonds is 0. The van der Waals surface area contributed by atoms with E-state index in [-0.39, 0.29) is 0 Å². The third-order valence-electron chi connectivity index (χ3n) is 3.56. The summed E-state index contributed by atoms with van der Waals surface area (Å²) in [6, 6.07) is 16.2. The molecule has 1 heterocycles. The van der Waals surface area contributed by atoms with E-state index in [0.29, 0.717) is 13.2 Å². The highest BCUT2D eigenvalue weighted by Gasteiger charge is 2.05. The second-order valence-corrected chi connectivity index (χ2v) is 5.25. The van der Waals surface area contributed by atoms with Crippen LogP contribution in [0.2, 0.25) is 0 Å². The van der Waals surface area contributed by atoms with Gasteiger partial charge in [0.1, 0.15) is 11.5 Å². The molecule has 1 aliphatic rings. The number of benzene rings is 2. The van der Waals surface area contributed by atoms with Gasteiger partial charge < -0.3 is 20.1 Å². The first kappa shape index (κ1) is 14.6. The smallest absolute Gasteiger partial charge is 0.142 e. The summed E-state index contributed by atoms with van der Waals surface area (Å²) in [5, 5.41) is 6.84. The van der Waals surface area contributed by atoms with Crippen LogP contribution in [-0.2, 0) is 0 Å². The van der Waals surface area contributed by atoms with Gasteiger partial charge in [-0.2, -0.15) is 0 Å². The Hall–Kier alpha value is -2.36.